The van der Waals surface area contributed by atoms with Crippen molar-refractivity contribution in [2.24, 2.45) is 10.9 Å². The molecule has 0 aliphatic carbocycles. The van der Waals surface area contributed by atoms with Crippen LogP contribution in [0.4, 0.5) is 0 Å². The monoisotopic (exact) mass is 238 g/mol. The third kappa shape index (κ3) is 5.66. The van der Waals surface area contributed by atoms with Crippen molar-refractivity contribution in [1.82, 2.24) is 0 Å². The summed E-state index contributed by atoms with van der Waals surface area (Å²) in [5.41, 5.74) is 6.74. The number of benzene rings is 1. The van der Waals surface area contributed by atoms with Gasteiger partial charge in [-0.05, 0) is 24.2 Å². The van der Waals surface area contributed by atoms with Crippen molar-refractivity contribution in [2.45, 2.75) is 25.0 Å². The van der Waals surface area contributed by atoms with Crippen LogP contribution >= 0.6 is 11.8 Å². The van der Waals surface area contributed by atoms with Gasteiger partial charge in [-0.15, -0.1) is 0 Å². The number of hydrogen-bond acceptors (Lipinski definition) is 3. The summed E-state index contributed by atoms with van der Waals surface area (Å²) in [6.45, 7) is 0. The van der Waals surface area contributed by atoms with Crippen LogP contribution in [0.1, 0.15) is 24.8 Å². The van der Waals surface area contributed by atoms with Gasteiger partial charge in [-0.25, -0.2) is 0 Å². The van der Waals surface area contributed by atoms with Crippen LogP contribution in [0.25, 0.3) is 0 Å². The molecule has 0 aromatic heterocycles. The molecule has 0 fully saturated rings. The quantitative estimate of drug-likeness (QED) is 0.252. The highest BCUT2D eigenvalue weighted by atomic mass is 32.2. The predicted molar refractivity (Wildman–Crippen MR) is 69.9 cm³/mol. The Hall–Kier alpha value is -1.16. The zero-order valence-corrected chi connectivity index (χ0v) is 10.1. The second kappa shape index (κ2) is 8.05. The van der Waals surface area contributed by atoms with E-state index in [1.807, 2.05) is 17.8 Å². The van der Waals surface area contributed by atoms with E-state index >= 15 is 0 Å². The van der Waals surface area contributed by atoms with Crippen molar-refractivity contribution in [3.63, 3.8) is 0 Å². The van der Waals surface area contributed by atoms with Crippen LogP contribution in [-0.2, 0) is 5.75 Å². The van der Waals surface area contributed by atoms with Crippen molar-refractivity contribution >= 4 is 17.6 Å². The van der Waals surface area contributed by atoms with Crippen molar-refractivity contribution < 1.29 is 5.21 Å². The SMILES string of the molecule is NC(CCCCSCc1ccccc1)=NO. The number of amidine groups is 1. The maximum Gasteiger partial charge on any atom is 0.139 e. The predicted octanol–water partition coefficient (Wildman–Crippen LogP) is 2.84. The third-order valence-corrected chi connectivity index (χ3v) is 3.33. The highest BCUT2D eigenvalue weighted by molar-refractivity contribution is 7.98. The lowest BCUT2D eigenvalue weighted by molar-refractivity contribution is 0.316. The Kier molecular flexibility index (Phi) is 6.49. The largest absolute Gasteiger partial charge is 0.409 e. The van der Waals surface area contributed by atoms with E-state index < -0.39 is 0 Å². The Morgan fingerprint density at radius 2 is 2.00 bits per heavy atom. The van der Waals surface area contributed by atoms with E-state index in [1.54, 1.807) is 0 Å². The molecule has 16 heavy (non-hydrogen) atoms. The van der Waals surface area contributed by atoms with Crippen molar-refractivity contribution in [3.05, 3.63) is 35.9 Å². The number of rotatable bonds is 7. The highest BCUT2D eigenvalue weighted by Gasteiger charge is 1.95. The Labute approximate surface area is 101 Å². The number of thioether (sulfide) groups is 1. The smallest absolute Gasteiger partial charge is 0.139 e. The Bertz CT molecular complexity index is 314. The number of nitrogens with two attached hydrogens (primary N) is 1. The van der Waals surface area contributed by atoms with Crippen molar-refractivity contribution in [2.75, 3.05) is 5.75 Å². The van der Waals surface area contributed by atoms with E-state index in [-0.39, 0.29) is 0 Å². The molecule has 0 saturated heterocycles. The molecule has 0 bridgehead atoms. The van der Waals surface area contributed by atoms with E-state index in [2.05, 4.69) is 29.4 Å². The van der Waals surface area contributed by atoms with Gasteiger partial charge in [0.05, 0.1) is 0 Å². The summed E-state index contributed by atoms with van der Waals surface area (Å²) >= 11 is 1.92. The summed E-state index contributed by atoms with van der Waals surface area (Å²) in [5.74, 6) is 2.51. The third-order valence-electron chi connectivity index (χ3n) is 2.21. The van der Waals surface area contributed by atoms with Gasteiger partial charge in [0.25, 0.3) is 0 Å². The van der Waals surface area contributed by atoms with E-state index in [0.717, 1.165) is 24.3 Å². The van der Waals surface area contributed by atoms with Crippen LogP contribution in [0.5, 0.6) is 0 Å². The lowest BCUT2D eigenvalue weighted by Gasteiger charge is -2.01. The van der Waals surface area contributed by atoms with Crippen LogP contribution < -0.4 is 5.73 Å². The molecule has 0 aliphatic rings. The first-order chi connectivity index (χ1) is 7.83. The molecule has 0 radical (unpaired) electrons. The standard InChI is InChI=1S/C12H18N2OS/c13-12(14-15)8-4-5-9-16-10-11-6-2-1-3-7-11/h1-3,6-7,15H,4-5,8-10H2,(H2,13,14). The lowest BCUT2D eigenvalue weighted by Crippen LogP contribution is -2.10. The van der Waals surface area contributed by atoms with Crippen molar-refractivity contribution in [1.29, 1.82) is 0 Å². The summed E-state index contributed by atoms with van der Waals surface area (Å²) in [6.07, 6.45) is 2.77. The Morgan fingerprint density at radius 3 is 2.69 bits per heavy atom. The van der Waals surface area contributed by atoms with Gasteiger partial charge < -0.3 is 10.9 Å². The molecule has 3 N–H and O–H groups in total. The zero-order chi connectivity index (χ0) is 11.6. The van der Waals surface area contributed by atoms with Gasteiger partial charge in [-0.2, -0.15) is 11.8 Å². The zero-order valence-electron chi connectivity index (χ0n) is 9.30. The first kappa shape index (κ1) is 12.9. The van der Waals surface area contributed by atoms with Gasteiger partial charge in [0, 0.05) is 12.2 Å². The van der Waals surface area contributed by atoms with E-state index in [1.165, 1.54) is 5.56 Å². The maximum absolute atomic E-state index is 8.34. The Morgan fingerprint density at radius 1 is 1.25 bits per heavy atom. The highest BCUT2D eigenvalue weighted by Crippen LogP contribution is 2.13. The number of hydrogen-bond donors (Lipinski definition) is 2. The minimum absolute atomic E-state index is 0.327. The molecular formula is C12H18N2OS. The van der Waals surface area contributed by atoms with Crippen LogP contribution in [0.2, 0.25) is 0 Å². The second-order valence-electron chi connectivity index (χ2n) is 3.59. The molecule has 0 atom stereocenters. The number of unbranched alkanes of at least 4 members (excludes halogenated alkanes) is 1. The molecule has 1 rings (SSSR count). The van der Waals surface area contributed by atoms with Gasteiger partial charge in [-0.1, -0.05) is 35.5 Å². The average molecular weight is 238 g/mol. The molecule has 0 spiro atoms. The van der Waals surface area contributed by atoms with Gasteiger partial charge in [-0.3, -0.25) is 0 Å². The molecule has 0 amide bonds. The fraction of sp³-hybridized carbons (Fsp3) is 0.417. The van der Waals surface area contributed by atoms with E-state index in [9.17, 15) is 0 Å². The molecule has 3 nitrogen and oxygen atoms in total. The van der Waals surface area contributed by atoms with Crippen LogP contribution in [0.15, 0.2) is 35.5 Å². The fourth-order valence-electron chi connectivity index (χ4n) is 1.32. The molecule has 0 unspecified atom stereocenters. The minimum atomic E-state index is 0.327. The first-order valence-electron chi connectivity index (χ1n) is 5.41. The molecule has 1 aromatic rings. The van der Waals surface area contributed by atoms with Gasteiger partial charge in [0.1, 0.15) is 5.84 Å². The summed E-state index contributed by atoms with van der Waals surface area (Å²) in [5, 5.41) is 11.3. The van der Waals surface area contributed by atoms with Crippen LogP contribution in [0.3, 0.4) is 0 Å². The molecule has 4 heteroatoms. The van der Waals surface area contributed by atoms with Gasteiger partial charge in [0.2, 0.25) is 0 Å². The molecule has 0 heterocycles. The number of nitrogens with zero attached hydrogens (tertiary/aromatic N) is 1. The summed E-state index contributed by atoms with van der Waals surface area (Å²) in [7, 11) is 0. The molecule has 88 valence electrons. The molecule has 0 aliphatic heterocycles. The molecule has 1 aromatic carbocycles. The van der Waals surface area contributed by atoms with Gasteiger partial charge >= 0.3 is 0 Å². The lowest BCUT2D eigenvalue weighted by atomic mass is 10.2. The van der Waals surface area contributed by atoms with Crippen molar-refractivity contribution in [3.8, 4) is 0 Å². The average Bonchev–Trinajstić information content (AvgIpc) is 2.34. The summed E-state index contributed by atoms with van der Waals surface area (Å²) in [4.78, 5) is 0. The molecule has 0 saturated carbocycles. The van der Waals surface area contributed by atoms with Gasteiger partial charge in [0.15, 0.2) is 0 Å². The van der Waals surface area contributed by atoms with E-state index in [0.29, 0.717) is 12.3 Å². The molecular weight excluding hydrogens is 220 g/mol. The van der Waals surface area contributed by atoms with Crippen LogP contribution in [0, 0.1) is 0 Å². The normalized spacial score (nSPS) is 11.6. The van der Waals surface area contributed by atoms with Crippen LogP contribution in [-0.4, -0.2) is 16.8 Å². The number of oxime groups is 1. The summed E-state index contributed by atoms with van der Waals surface area (Å²) in [6, 6.07) is 10.4. The first-order valence-corrected chi connectivity index (χ1v) is 6.56. The summed E-state index contributed by atoms with van der Waals surface area (Å²) < 4.78 is 0. The Balaban J connectivity index is 2.01. The second-order valence-corrected chi connectivity index (χ2v) is 4.69. The van der Waals surface area contributed by atoms with E-state index in [4.69, 9.17) is 10.9 Å². The topological polar surface area (TPSA) is 58.6 Å². The maximum atomic E-state index is 8.34. The fourth-order valence-corrected chi connectivity index (χ4v) is 2.31. The minimum Gasteiger partial charge on any atom is -0.409 e.